The summed E-state index contributed by atoms with van der Waals surface area (Å²) >= 11 is 0.243. The fourth-order valence-corrected chi connectivity index (χ4v) is 1.70. The summed E-state index contributed by atoms with van der Waals surface area (Å²) in [5.74, 6) is -0.911. The van der Waals surface area contributed by atoms with E-state index in [1.807, 2.05) is 18.0 Å². The number of hydrogen-bond donors (Lipinski definition) is 2. The molecule has 0 rings (SSSR count). The molecule has 0 amide bonds. The number of allylic oxidation sites excluding steroid dienone is 1. The molecule has 0 aliphatic rings. The molecule has 4 heteroatoms. The standard InChI is InChI=1S/C6H11NO2Se/c1-2-3-10-4-5(7)6(8)9/h2-3,5H,4,7H2,1H3,(H,8,9)/b3-2+/t5-/m1/s1. The molecule has 3 N–H and O–H groups in total. The maximum absolute atomic E-state index is 10.2. The van der Waals surface area contributed by atoms with E-state index in [1.165, 1.54) is 0 Å². The van der Waals surface area contributed by atoms with Gasteiger partial charge in [-0.25, -0.2) is 0 Å². The Morgan fingerprint density at radius 3 is 2.90 bits per heavy atom. The van der Waals surface area contributed by atoms with Gasteiger partial charge in [-0.05, 0) is 0 Å². The van der Waals surface area contributed by atoms with Crippen molar-refractivity contribution in [2.75, 3.05) is 0 Å². The first kappa shape index (κ1) is 9.69. The van der Waals surface area contributed by atoms with Crippen LogP contribution in [0.1, 0.15) is 6.92 Å². The van der Waals surface area contributed by atoms with E-state index in [1.54, 1.807) is 0 Å². The van der Waals surface area contributed by atoms with Crippen molar-refractivity contribution in [3.05, 3.63) is 11.1 Å². The van der Waals surface area contributed by atoms with Gasteiger partial charge in [-0.1, -0.05) is 0 Å². The third kappa shape index (κ3) is 4.56. The Bertz CT molecular complexity index is 136. The predicted molar refractivity (Wildman–Crippen MR) is 41.0 cm³/mol. The van der Waals surface area contributed by atoms with Gasteiger partial charge in [0.15, 0.2) is 0 Å². The Kier molecular flexibility index (Phi) is 5.30. The van der Waals surface area contributed by atoms with Gasteiger partial charge in [0.1, 0.15) is 0 Å². The molecule has 0 fully saturated rings. The average molecular weight is 208 g/mol. The molecular weight excluding hydrogens is 197 g/mol. The zero-order valence-electron chi connectivity index (χ0n) is 5.78. The van der Waals surface area contributed by atoms with E-state index in [4.69, 9.17) is 10.8 Å². The van der Waals surface area contributed by atoms with Crippen LogP contribution >= 0.6 is 0 Å². The molecule has 1 atom stereocenters. The number of carboxylic acid groups (broad SMARTS) is 1. The molecule has 0 saturated heterocycles. The van der Waals surface area contributed by atoms with Gasteiger partial charge < -0.3 is 0 Å². The summed E-state index contributed by atoms with van der Waals surface area (Å²) in [5.41, 5.74) is 5.24. The minimum atomic E-state index is -0.911. The van der Waals surface area contributed by atoms with E-state index < -0.39 is 12.0 Å². The van der Waals surface area contributed by atoms with Gasteiger partial charge in [-0.15, -0.1) is 0 Å². The molecule has 10 heavy (non-hydrogen) atoms. The zero-order chi connectivity index (χ0) is 7.98. The van der Waals surface area contributed by atoms with Crippen LogP contribution in [-0.4, -0.2) is 32.1 Å². The van der Waals surface area contributed by atoms with Crippen molar-refractivity contribution in [2.45, 2.75) is 18.3 Å². The first-order chi connectivity index (χ1) is 4.68. The number of hydrogen-bond acceptors (Lipinski definition) is 2. The third-order valence-electron chi connectivity index (χ3n) is 0.825. The molecule has 0 saturated carbocycles. The van der Waals surface area contributed by atoms with Crippen molar-refractivity contribution in [1.29, 1.82) is 0 Å². The van der Waals surface area contributed by atoms with Gasteiger partial charge in [-0.3, -0.25) is 0 Å². The summed E-state index contributed by atoms with van der Waals surface area (Å²) in [4.78, 5) is 12.1. The van der Waals surface area contributed by atoms with Gasteiger partial charge in [0.2, 0.25) is 0 Å². The Labute approximate surface area is 66.5 Å². The van der Waals surface area contributed by atoms with Crippen molar-refractivity contribution in [1.82, 2.24) is 0 Å². The quantitative estimate of drug-likeness (QED) is 0.642. The third-order valence-corrected chi connectivity index (χ3v) is 2.96. The molecule has 0 heterocycles. The van der Waals surface area contributed by atoms with Crippen LogP contribution < -0.4 is 5.73 Å². The zero-order valence-corrected chi connectivity index (χ0v) is 7.49. The fraction of sp³-hybridized carbons (Fsp3) is 0.500. The molecule has 0 aliphatic carbocycles. The molecule has 0 radical (unpaired) electrons. The van der Waals surface area contributed by atoms with Crippen LogP contribution in [-0.2, 0) is 4.79 Å². The second-order valence-corrected chi connectivity index (χ2v) is 3.72. The van der Waals surface area contributed by atoms with Crippen LogP contribution in [0, 0.1) is 0 Å². The van der Waals surface area contributed by atoms with Crippen LogP contribution in [0.3, 0.4) is 0 Å². The Morgan fingerprint density at radius 1 is 1.90 bits per heavy atom. The van der Waals surface area contributed by atoms with Crippen molar-refractivity contribution >= 4 is 20.9 Å². The topological polar surface area (TPSA) is 63.3 Å². The summed E-state index contributed by atoms with van der Waals surface area (Å²) in [7, 11) is 0. The van der Waals surface area contributed by atoms with Gasteiger partial charge >= 0.3 is 65.9 Å². The van der Waals surface area contributed by atoms with Crippen LogP contribution in [0.2, 0.25) is 5.32 Å². The first-order valence-electron chi connectivity index (χ1n) is 2.89. The summed E-state index contributed by atoms with van der Waals surface area (Å²) in [5, 5.41) is 8.92. The molecule has 0 aliphatic heterocycles. The summed E-state index contributed by atoms with van der Waals surface area (Å²) in [6, 6.07) is -0.684. The van der Waals surface area contributed by atoms with E-state index in [2.05, 4.69) is 0 Å². The molecule has 0 aromatic heterocycles. The first-order valence-corrected chi connectivity index (χ1v) is 5.09. The predicted octanol–water partition coefficient (Wildman–Crippen LogP) is 0.0544. The van der Waals surface area contributed by atoms with Crippen LogP contribution in [0.4, 0.5) is 0 Å². The van der Waals surface area contributed by atoms with Crippen LogP contribution in [0.15, 0.2) is 11.1 Å². The summed E-state index contributed by atoms with van der Waals surface area (Å²) < 4.78 is 0. The van der Waals surface area contributed by atoms with Crippen molar-refractivity contribution in [3.63, 3.8) is 0 Å². The molecule has 0 aromatic carbocycles. The molecule has 3 nitrogen and oxygen atoms in total. The molecule has 58 valence electrons. The van der Waals surface area contributed by atoms with E-state index in [9.17, 15) is 4.79 Å². The minimum absolute atomic E-state index is 0.243. The average Bonchev–Trinajstić information content (AvgIpc) is 1.88. The van der Waals surface area contributed by atoms with Crippen LogP contribution in [0.25, 0.3) is 0 Å². The molecular formula is C6H11NO2Se. The van der Waals surface area contributed by atoms with E-state index in [0.717, 1.165) is 0 Å². The number of rotatable bonds is 4. The second-order valence-electron chi connectivity index (χ2n) is 1.75. The van der Waals surface area contributed by atoms with E-state index in [0.29, 0.717) is 5.32 Å². The maximum atomic E-state index is 10.2. The SMILES string of the molecule is C/C=C/[Se]C[C@@H](N)C(=O)O. The van der Waals surface area contributed by atoms with Crippen molar-refractivity contribution in [3.8, 4) is 0 Å². The van der Waals surface area contributed by atoms with E-state index in [-0.39, 0.29) is 15.0 Å². The Balaban J connectivity index is 3.39. The van der Waals surface area contributed by atoms with Crippen molar-refractivity contribution in [2.24, 2.45) is 5.73 Å². The van der Waals surface area contributed by atoms with Gasteiger partial charge in [-0.2, -0.15) is 0 Å². The Morgan fingerprint density at radius 2 is 2.50 bits per heavy atom. The molecule has 0 spiro atoms. The molecule has 0 aromatic rings. The van der Waals surface area contributed by atoms with Crippen LogP contribution in [0.5, 0.6) is 0 Å². The molecule has 0 unspecified atom stereocenters. The normalized spacial score (nSPS) is 13.8. The van der Waals surface area contributed by atoms with Crippen molar-refractivity contribution < 1.29 is 9.90 Å². The van der Waals surface area contributed by atoms with E-state index >= 15 is 0 Å². The number of carboxylic acids is 1. The summed E-state index contributed by atoms with van der Waals surface area (Å²) in [6.45, 7) is 1.91. The fourth-order valence-electron chi connectivity index (χ4n) is 0.327. The van der Waals surface area contributed by atoms with Gasteiger partial charge in [0, 0.05) is 0 Å². The number of nitrogens with two attached hydrogens (primary N) is 1. The molecule has 0 bridgehead atoms. The Hall–Kier alpha value is -0.311. The van der Waals surface area contributed by atoms with Gasteiger partial charge in [0.25, 0.3) is 0 Å². The number of carbonyl (C=O) groups is 1. The monoisotopic (exact) mass is 209 g/mol. The second kappa shape index (κ2) is 5.47. The summed E-state index contributed by atoms with van der Waals surface area (Å²) in [6.07, 6.45) is 1.91. The number of aliphatic carboxylic acids is 1. The van der Waals surface area contributed by atoms with Gasteiger partial charge in [0.05, 0.1) is 0 Å².